The van der Waals surface area contributed by atoms with Gasteiger partial charge in [-0.15, -0.1) is 0 Å². The summed E-state index contributed by atoms with van der Waals surface area (Å²) >= 11 is 5.80. The minimum atomic E-state index is -4.60. The van der Waals surface area contributed by atoms with Crippen molar-refractivity contribution in [3.05, 3.63) is 75.3 Å². The summed E-state index contributed by atoms with van der Waals surface area (Å²) in [6.07, 6.45) is -4.78. The summed E-state index contributed by atoms with van der Waals surface area (Å²) < 4.78 is 62.5. The van der Waals surface area contributed by atoms with Crippen LogP contribution < -0.4 is 0 Å². The molecule has 33 heavy (non-hydrogen) atoms. The lowest BCUT2D eigenvalue weighted by Gasteiger charge is -2.15. The number of halogens is 5. The van der Waals surface area contributed by atoms with Crippen LogP contribution >= 0.6 is 11.6 Å². The number of hydrogen-bond donors (Lipinski definition) is 0. The molecule has 0 fully saturated rings. The van der Waals surface area contributed by atoms with Gasteiger partial charge < -0.3 is 14.3 Å². The number of nitrogens with zero attached hydrogens (tertiary/aromatic N) is 1. The molecule has 0 unspecified atom stereocenters. The molecule has 0 saturated carbocycles. The third-order valence-corrected chi connectivity index (χ3v) is 5.12. The molecule has 0 aromatic heterocycles. The van der Waals surface area contributed by atoms with Crippen molar-refractivity contribution in [1.82, 2.24) is 0 Å². The van der Waals surface area contributed by atoms with Crippen molar-refractivity contribution in [3.8, 4) is 0 Å². The van der Waals surface area contributed by atoms with E-state index in [0.717, 1.165) is 11.6 Å². The summed E-state index contributed by atoms with van der Waals surface area (Å²) in [4.78, 5) is 17.6. The van der Waals surface area contributed by atoms with Crippen molar-refractivity contribution in [1.29, 1.82) is 0 Å². The SMILES string of the molecule is CO/C=C(/C(=O)OC)c1cccc(C)c1CO/N=C(\C)c1ccc(F)c(Cl)c1CC(F)(F)F. The van der Waals surface area contributed by atoms with E-state index in [-0.39, 0.29) is 23.5 Å². The second-order valence-corrected chi connectivity index (χ2v) is 7.37. The van der Waals surface area contributed by atoms with Crippen LogP contribution in [-0.2, 0) is 32.1 Å². The van der Waals surface area contributed by atoms with Crippen LogP contribution in [0, 0.1) is 12.7 Å². The smallest absolute Gasteiger partial charge is 0.393 e. The fourth-order valence-electron chi connectivity index (χ4n) is 3.14. The zero-order valence-corrected chi connectivity index (χ0v) is 19.1. The van der Waals surface area contributed by atoms with E-state index in [9.17, 15) is 22.4 Å². The van der Waals surface area contributed by atoms with Gasteiger partial charge in [-0.25, -0.2) is 9.18 Å². The summed E-state index contributed by atoms with van der Waals surface area (Å²) in [5, 5.41) is 3.29. The fraction of sp³-hybridized carbons (Fsp3) is 0.304. The minimum Gasteiger partial charge on any atom is -0.503 e. The molecule has 0 aliphatic rings. The Kier molecular flexibility index (Phi) is 8.87. The van der Waals surface area contributed by atoms with Crippen LogP contribution in [0.3, 0.4) is 0 Å². The Morgan fingerprint density at radius 2 is 1.82 bits per heavy atom. The molecule has 0 aliphatic heterocycles. The van der Waals surface area contributed by atoms with Gasteiger partial charge >= 0.3 is 12.1 Å². The predicted molar refractivity (Wildman–Crippen MR) is 116 cm³/mol. The maximum absolute atomic E-state index is 13.8. The molecule has 0 amide bonds. The third-order valence-electron chi connectivity index (χ3n) is 4.71. The first kappa shape index (κ1) is 26.2. The lowest BCUT2D eigenvalue weighted by atomic mass is 9.97. The molecule has 0 saturated heterocycles. The number of carbonyl (C=O) groups is 1. The Labute approximate surface area is 193 Å². The van der Waals surface area contributed by atoms with E-state index in [1.54, 1.807) is 25.1 Å². The van der Waals surface area contributed by atoms with Crippen molar-refractivity contribution in [2.24, 2.45) is 5.16 Å². The summed E-state index contributed by atoms with van der Waals surface area (Å²) in [5.74, 6) is -1.58. The van der Waals surface area contributed by atoms with E-state index in [2.05, 4.69) is 5.16 Å². The lowest BCUT2D eigenvalue weighted by molar-refractivity contribution is -0.133. The predicted octanol–water partition coefficient (Wildman–Crippen LogP) is 5.99. The van der Waals surface area contributed by atoms with E-state index in [1.165, 1.54) is 33.5 Å². The van der Waals surface area contributed by atoms with Gasteiger partial charge in [-0.2, -0.15) is 13.2 Å². The van der Waals surface area contributed by atoms with Crippen LogP contribution in [0.25, 0.3) is 5.57 Å². The van der Waals surface area contributed by atoms with Gasteiger partial charge in [0.05, 0.1) is 37.6 Å². The molecule has 10 heteroatoms. The Bertz CT molecular complexity index is 1080. The number of methoxy groups -OCH3 is 2. The normalized spacial score (nSPS) is 12.5. The molecule has 178 valence electrons. The van der Waals surface area contributed by atoms with E-state index in [1.807, 2.05) is 0 Å². The quantitative estimate of drug-likeness (QED) is 0.114. The van der Waals surface area contributed by atoms with Crippen LogP contribution in [0.15, 0.2) is 41.7 Å². The topological polar surface area (TPSA) is 57.1 Å². The summed E-state index contributed by atoms with van der Waals surface area (Å²) in [7, 11) is 2.62. The molecule has 0 bridgehead atoms. The fourth-order valence-corrected chi connectivity index (χ4v) is 3.37. The molecule has 0 spiro atoms. The molecule has 0 radical (unpaired) electrons. The third kappa shape index (κ3) is 6.71. The number of oxime groups is 1. The monoisotopic (exact) mass is 487 g/mol. The van der Waals surface area contributed by atoms with Crippen LogP contribution in [0.2, 0.25) is 5.02 Å². The van der Waals surface area contributed by atoms with Crippen molar-refractivity contribution in [2.45, 2.75) is 33.1 Å². The van der Waals surface area contributed by atoms with Gasteiger partial charge in [0.25, 0.3) is 0 Å². The van der Waals surface area contributed by atoms with Crippen LogP contribution in [-0.4, -0.2) is 32.1 Å². The average Bonchev–Trinajstić information content (AvgIpc) is 2.75. The second-order valence-electron chi connectivity index (χ2n) is 6.99. The van der Waals surface area contributed by atoms with Gasteiger partial charge in [0.1, 0.15) is 18.0 Å². The van der Waals surface area contributed by atoms with E-state index < -0.39 is 35.0 Å². The highest BCUT2D eigenvalue weighted by atomic mass is 35.5. The van der Waals surface area contributed by atoms with Crippen LogP contribution in [0.5, 0.6) is 0 Å². The van der Waals surface area contributed by atoms with E-state index in [0.29, 0.717) is 11.1 Å². The Morgan fingerprint density at radius 1 is 1.12 bits per heavy atom. The molecule has 0 atom stereocenters. The Hall–Kier alpha value is -3.07. The maximum Gasteiger partial charge on any atom is 0.393 e. The zero-order valence-electron chi connectivity index (χ0n) is 18.3. The first-order valence-corrected chi connectivity index (χ1v) is 9.98. The number of rotatable bonds is 8. The van der Waals surface area contributed by atoms with Crippen LogP contribution in [0.1, 0.15) is 34.7 Å². The number of carbonyl (C=O) groups excluding carboxylic acids is 1. The molecule has 2 aromatic rings. The Morgan fingerprint density at radius 3 is 2.42 bits per heavy atom. The average molecular weight is 488 g/mol. The number of benzene rings is 2. The summed E-state index contributed by atoms with van der Waals surface area (Å²) in [5.41, 5.74) is 1.66. The number of esters is 1. The molecule has 0 heterocycles. The van der Waals surface area contributed by atoms with Crippen molar-refractivity contribution in [3.63, 3.8) is 0 Å². The number of alkyl halides is 3. The number of ether oxygens (including phenoxy) is 2. The summed E-state index contributed by atoms with van der Waals surface area (Å²) in [6, 6.07) is 7.33. The summed E-state index contributed by atoms with van der Waals surface area (Å²) in [6.45, 7) is 3.11. The first-order chi connectivity index (χ1) is 15.5. The molecular weight excluding hydrogens is 466 g/mol. The molecule has 2 rings (SSSR count). The van der Waals surface area contributed by atoms with Crippen molar-refractivity contribution in [2.75, 3.05) is 14.2 Å². The van der Waals surface area contributed by atoms with Gasteiger partial charge in [-0.3, -0.25) is 0 Å². The molecule has 0 N–H and O–H groups in total. The zero-order chi connectivity index (χ0) is 24.8. The Balaban J connectivity index is 2.38. The van der Waals surface area contributed by atoms with Gasteiger partial charge in [-0.1, -0.05) is 35.0 Å². The van der Waals surface area contributed by atoms with Gasteiger partial charge in [0.15, 0.2) is 0 Å². The highest BCUT2D eigenvalue weighted by Crippen LogP contribution is 2.31. The largest absolute Gasteiger partial charge is 0.503 e. The van der Waals surface area contributed by atoms with Gasteiger partial charge in [-0.05, 0) is 42.7 Å². The van der Waals surface area contributed by atoms with Gasteiger partial charge in [0, 0.05) is 11.1 Å². The van der Waals surface area contributed by atoms with Crippen molar-refractivity contribution < 1.29 is 36.7 Å². The molecule has 5 nitrogen and oxygen atoms in total. The molecule has 2 aromatic carbocycles. The van der Waals surface area contributed by atoms with Crippen molar-refractivity contribution >= 4 is 28.9 Å². The standard InChI is InChI=1S/C23H22ClF4NO4/c1-13-6-5-7-16(19(11-31-3)22(30)32-4)18(13)12-33-29-14(2)15-8-9-20(25)21(24)17(15)10-23(26,27)28/h5-9,11H,10,12H2,1-4H3/b19-11+,29-14+. The van der Waals surface area contributed by atoms with E-state index in [4.69, 9.17) is 25.9 Å². The number of aryl methyl sites for hydroxylation is 1. The molecule has 0 aliphatic carbocycles. The van der Waals surface area contributed by atoms with Gasteiger partial charge in [0.2, 0.25) is 0 Å². The minimum absolute atomic E-state index is 0.0123. The lowest BCUT2D eigenvalue weighted by Crippen LogP contribution is -2.16. The molecular formula is C23H22ClF4NO4. The second kappa shape index (κ2) is 11.2. The number of hydrogen-bond acceptors (Lipinski definition) is 5. The first-order valence-electron chi connectivity index (χ1n) is 9.60. The van der Waals surface area contributed by atoms with E-state index >= 15 is 0 Å². The maximum atomic E-state index is 13.8. The van der Waals surface area contributed by atoms with Crippen LogP contribution in [0.4, 0.5) is 17.6 Å². The highest BCUT2D eigenvalue weighted by Gasteiger charge is 2.31. The highest BCUT2D eigenvalue weighted by molar-refractivity contribution is 6.32.